The van der Waals surface area contributed by atoms with Crippen LogP contribution in [0.15, 0.2) is 36.0 Å². The Kier molecular flexibility index (Phi) is 4.91. The molecule has 0 radical (unpaired) electrons. The summed E-state index contributed by atoms with van der Waals surface area (Å²) >= 11 is 13.6. The number of aryl methyl sites for hydroxylation is 1. The molecule has 0 unspecified atom stereocenters. The van der Waals surface area contributed by atoms with Crippen LogP contribution in [-0.2, 0) is 12.3 Å². The highest BCUT2D eigenvalue weighted by Crippen LogP contribution is 2.28. The molecule has 19 heavy (non-hydrogen) atoms. The van der Waals surface area contributed by atoms with E-state index in [2.05, 4.69) is 16.8 Å². The van der Waals surface area contributed by atoms with Gasteiger partial charge in [-0.2, -0.15) is 0 Å². The minimum atomic E-state index is 0.643. The quantitative estimate of drug-likeness (QED) is 0.606. The monoisotopic (exact) mass is 313 g/mol. The van der Waals surface area contributed by atoms with E-state index < -0.39 is 0 Å². The van der Waals surface area contributed by atoms with Gasteiger partial charge < -0.3 is 4.57 Å². The van der Waals surface area contributed by atoms with Crippen molar-refractivity contribution in [3.05, 3.63) is 52.3 Å². The summed E-state index contributed by atoms with van der Waals surface area (Å²) in [6.45, 7) is 6.37. The van der Waals surface area contributed by atoms with Gasteiger partial charge in [0.25, 0.3) is 0 Å². The summed E-state index contributed by atoms with van der Waals surface area (Å²) in [7, 11) is 0. The van der Waals surface area contributed by atoms with Gasteiger partial charge in [0.1, 0.15) is 5.82 Å². The van der Waals surface area contributed by atoms with Gasteiger partial charge in [0.15, 0.2) is 5.16 Å². The zero-order valence-corrected chi connectivity index (χ0v) is 12.8. The molecule has 6 heteroatoms. The Labute approximate surface area is 126 Å². The van der Waals surface area contributed by atoms with Crippen molar-refractivity contribution in [3.63, 3.8) is 0 Å². The van der Waals surface area contributed by atoms with Crippen LogP contribution in [0.2, 0.25) is 10.0 Å². The van der Waals surface area contributed by atoms with E-state index in [4.69, 9.17) is 23.2 Å². The molecule has 1 heterocycles. The lowest BCUT2D eigenvalue weighted by Crippen LogP contribution is -2.00. The van der Waals surface area contributed by atoms with Crippen molar-refractivity contribution < 1.29 is 0 Å². The summed E-state index contributed by atoms with van der Waals surface area (Å²) < 4.78 is 2.02. The van der Waals surface area contributed by atoms with Gasteiger partial charge in [0.2, 0.25) is 0 Å². The van der Waals surface area contributed by atoms with Crippen LogP contribution in [0, 0.1) is 6.92 Å². The van der Waals surface area contributed by atoms with Crippen LogP contribution in [0.4, 0.5) is 0 Å². The van der Waals surface area contributed by atoms with Gasteiger partial charge in [-0.05, 0) is 24.6 Å². The average Bonchev–Trinajstić information content (AvgIpc) is 2.71. The van der Waals surface area contributed by atoms with Crippen LogP contribution in [0.1, 0.15) is 11.4 Å². The predicted octanol–water partition coefficient (Wildman–Crippen LogP) is 4.37. The molecule has 0 N–H and O–H groups in total. The molecule has 1 aromatic carbocycles. The Morgan fingerprint density at radius 1 is 1.37 bits per heavy atom. The Morgan fingerprint density at radius 3 is 2.84 bits per heavy atom. The van der Waals surface area contributed by atoms with E-state index in [1.807, 2.05) is 29.7 Å². The summed E-state index contributed by atoms with van der Waals surface area (Å²) in [5, 5.41) is 10.4. The molecule has 0 aliphatic carbocycles. The van der Waals surface area contributed by atoms with Crippen LogP contribution in [0.25, 0.3) is 0 Å². The van der Waals surface area contributed by atoms with Crippen molar-refractivity contribution in [2.24, 2.45) is 0 Å². The zero-order valence-electron chi connectivity index (χ0n) is 10.4. The number of hydrogen-bond donors (Lipinski definition) is 0. The van der Waals surface area contributed by atoms with Crippen molar-refractivity contribution in [1.82, 2.24) is 14.8 Å². The van der Waals surface area contributed by atoms with E-state index in [1.54, 1.807) is 17.8 Å². The summed E-state index contributed by atoms with van der Waals surface area (Å²) in [5.41, 5.74) is 1.03. The number of rotatable bonds is 5. The fourth-order valence-corrected chi connectivity index (χ4v) is 3.14. The topological polar surface area (TPSA) is 30.7 Å². The van der Waals surface area contributed by atoms with Crippen LogP contribution < -0.4 is 0 Å². The molecule has 0 saturated heterocycles. The van der Waals surface area contributed by atoms with Gasteiger partial charge in [-0.3, -0.25) is 0 Å². The van der Waals surface area contributed by atoms with Crippen LogP contribution >= 0.6 is 35.0 Å². The van der Waals surface area contributed by atoms with Crippen molar-refractivity contribution in [2.45, 2.75) is 24.4 Å². The second kappa shape index (κ2) is 6.46. The Bertz CT molecular complexity index is 596. The fraction of sp³-hybridized carbons (Fsp3) is 0.231. The van der Waals surface area contributed by atoms with E-state index in [0.717, 1.165) is 22.3 Å². The highest BCUT2D eigenvalue weighted by molar-refractivity contribution is 7.98. The lowest BCUT2D eigenvalue weighted by Gasteiger charge is -2.06. The third kappa shape index (κ3) is 3.53. The second-order valence-corrected chi connectivity index (χ2v) is 5.74. The molecular formula is C13H13Cl2N3S. The molecule has 0 aliphatic heterocycles. The maximum absolute atomic E-state index is 6.15. The van der Waals surface area contributed by atoms with Crippen molar-refractivity contribution in [2.75, 3.05) is 0 Å². The van der Waals surface area contributed by atoms with Gasteiger partial charge in [-0.15, -0.1) is 16.8 Å². The third-order valence-electron chi connectivity index (χ3n) is 2.59. The highest BCUT2D eigenvalue weighted by atomic mass is 35.5. The molecular weight excluding hydrogens is 301 g/mol. The summed E-state index contributed by atoms with van der Waals surface area (Å²) in [6.07, 6.45) is 1.83. The van der Waals surface area contributed by atoms with Crippen LogP contribution in [0.5, 0.6) is 0 Å². The van der Waals surface area contributed by atoms with Crippen molar-refractivity contribution in [1.29, 1.82) is 0 Å². The Hall–Kier alpha value is -0.970. The van der Waals surface area contributed by atoms with E-state index in [9.17, 15) is 0 Å². The van der Waals surface area contributed by atoms with E-state index in [0.29, 0.717) is 16.6 Å². The molecule has 0 fully saturated rings. The molecule has 0 bridgehead atoms. The lowest BCUT2D eigenvalue weighted by molar-refractivity contribution is 0.703. The minimum Gasteiger partial charge on any atom is -0.302 e. The number of nitrogens with zero attached hydrogens (tertiary/aromatic N) is 3. The average molecular weight is 314 g/mol. The predicted molar refractivity (Wildman–Crippen MR) is 81.0 cm³/mol. The molecule has 2 rings (SSSR count). The van der Waals surface area contributed by atoms with Crippen molar-refractivity contribution >= 4 is 35.0 Å². The number of aromatic nitrogens is 3. The molecule has 100 valence electrons. The zero-order chi connectivity index (χ0) is 13.8. The Balaban J connectivity index is 2.12. The van der Waals surface area contributed by atoms with Gasteiger partial charge >= 0.3 is 0 Å². The Morgan fingerprint density at radius 2 is 2.16 bits per heavy atom. The van der Waals surface area contributed by atoms with Gasteiger partial charge in [-0.25, -0.2) is 0 Å². The van der Waals surface area contributed by atoms with Crippen LogP contribution in [-0.4, -0.2) is 14.8 Å². The van der Waals surface area contributed by atoms with Crippen LogP contribution in [0.3, 0.4) is 0 Å². The summed E-state index contributed by atoms with van der Waals surface area (Å²) in [6, 6.07) is 5.51. The molecule has 0 atom stereocenters. The number of allylic oxidation sites excluding steroid dienone is 1. The number of halogens is 2. The first-order valence-corrected chi connectivity index (χ1v) is 7.43. The van der Waals surface area contributed by atoms with Gasteiger partial charge in [-0.1, -0.05) is 47.1 Å². The first-order valence-electron chi connectivity index (χ1n) is 5.69. The molecule has 0 aliphatic rings. The van der Waals surface area contributed by atoms with E-state index >= 15 is 0 Å². The highest BCUT2D eigenvalue weighted by Gasteiger charge is 2.09. The number of thioether (sulfide) groups is 1. The molecule has 3 nitrogen and oxygen atoms in total. The third-order valence-corrected chi connectivity index (χ3v) is 4.19. The first-order chi connectivity index (χ1) is 9.11. The van der Waals surface area contributed by atoms with E-state index in [1.165, 1.54) is 0 Å². The van der Waals surface area contributed by atoms with Crippen molar-refractivity contribution in [3.8, 4) is 0 Å². The summed E-state index contributed by atoms with van der Waals surface area (Å²) in [5.74, 6) is 1.61. The summed E-state index contributed by atoms with van der Waals surface area (Å²) in [4.78, 5) is 0. The first kappa shape index (κ1) is 14.4. The van der Waals surface area contributed by atoms with Gasteiger partial charge in [0.05, 0.1) is 0 Å². The molecule has 2 aromatic rings. The largest absolute Gasteiger partial charge is 0.302 e. The molecule has 0 spiro atoms. The number of hydrogen-bond acceptors (Lipinski definition) is 3. The molecule has 1 aromatic heterocycles. The maximum atomic E-state index is 6.15. The number of benzene rings is 1. The smallest absolute Gasteiger partial charge is 0.191 e. The van der Waals surface area contributed by atoms with E-state index in [-0.39, 0.29) is 0 Å². The maximum Gasteiger partial charge on any atom is 0.191 e. The SMILES string of the molecule is C=CCn1c(C)nnc1SCc1ccc(Cl)cc1Cl. The lowest BCUT2D eigenvalue weighted by atomic mass is 10.2. The fourth-order valence-electron chi connectivity index (χ4n) is 1.59. The normalized spacial score (nSPS) is 10.7. The second-order valence-electron chi connectivity index (χ2n) is 3.95. The molecule has 0 amide bonds. The molecule has 0 saturated carbocycles. The van der Waals surface area contributed by atoms with Gasteiger partial charge in [0, 0.05) is 22.3 Å². The minimum absolute atomic E-state index is 0.643. The standard InChI is InChI=1S/C13H13Cl2N3S/c1-3-6-18-9(2)16-17-13(18)19-8-10-4-5-11(14)7-12(10)15/h3-5,7H,1,6,8H2,2H3.